The molecular weight excluding hydrogens is 450 g/mol. The molecule has 1 fully saturated rings. The summed E-state index contributed by atoms with van der Waals surface area (Å²) in [4.78, 5) is 10.3. The number of nitrogens with two attached hydrogens (primary N) is 1. The van der Waals surface area contributed by atoms with Crippen molar-refractivity contribution in [2.75, 3.05) is 37.6 Å². The first-order valence-electron chi connectivity index (χ1n) is 8.22. The first-order valence-corrected chi connectivity index (χ1v) is 9.10. The third-order valence-corrected chi connectivity index (χ3v) is 5.46. The molecule has 0 radical (unpaired) electrons. The fourth-order valence-electron chi connectivity index (χ4n) is 2.84. The first-order chi connectivity index (χ1) is 11.6. The smallest absolute Gasteiger partial charge is 0.191 e. The highest BCUT2D eigenvalue weighted by Gasteiger charge is 2.18. The van der Waals surface area contributed by atoms with Crippen molar-refractivity contribution >= 4 is 47.0 Å². The Labute approximate surface area is 169 Å². The molecule has 1 aromatic carbocycles. The lowest BCUT2D eigenvalue weighted by atomic mass is 10.1. The quantitative estimate of drug-likeness (QED) is 0.417. The van der Waals surface area contributed by atoms with E-state index in [1.165, 1.54) is 17.0 Å². The summed E-state index contributed by atoms with van der Waals surface area (Å²) in [5.41, 5.74) is 7.22. The molecule has 2 aromatic rings. The van der Waals surface area contributed by atoms with E-state index in [9.17, 15) is 4.39 Å². The molecular formula is C18H24FIN4S. The number of guanidine groups is 1. The van der Waals surface area contributed by atoms with Crippen LogP contribution in [0, 0.1) is 5.82 Å². The first kappa shape index (κ1) is 20.0. The molecule has 0 amide bonds. The molecule has 1 aliphatic rings. The standard InChI is InChI=1S/C18H23FN4S.HI/c1-14(17-3-2-12-24-17)13-21-18(20)23-10-8-22(9-11-23)16-6-4-15(19)5-7-16;/h2-7,12,14H,8-11,13H2,1H3,(H2,20,21);1H. The molecule has 0 bridgehead atoms. The van der Waals surface area contributed by atoms with Crippen molar-refractivity contribution < 1.29 is 4.39 Å². The average Bonchev–Trinajstić information content (AvgIpc) is 3.15. The van der Waals surface area contributed by atoms with Gasteiger partial charge >= 0.3 is 0 Å². The van der Waals surface area contributed by atoms with Gasteiger partial charge in [0.25, 0.3) is 0 Å². The van der Waals surface area contributed by atoms with Crippen LogP contribution in [0.15, 0.2) is 46.8 Å². The van der Waals surface area contributed by atoms with Crippen molar-refractivity contribution in [3.63, 3.8) is 0 Å². The van der Waals surface area contributed by atoms with Crippen LogP contribution >= 0.6 is 35.3 Å². The van der Waals surface area contributed by atoms with Crippen molar-refractivity contribution in [1.82, 2.24) is 4.90 Å². The molecule has 136 valence electrons. The zero-order chi connectivity index (χ0) is 16.9. The monoisotopic (exact) mass is 474 g/mol. The molecule has 0 saturated carbocycles. The van der Waals surface area contributed by atoms with Gasteiger partial charge in [-0.25, -0.2) is 4.39 Å². The highest BCUT2D eigenvalue weighted by atomic mass is 127. The van der Waals surface area contributed by atoms with E-state index in [1.54, 1.807) is 11.3 Å². The van der Waals surface area contributed by atoms with Gasteiger partial charge in [-0.05, 0) is 35.7 Å². The second kappa shape index (κ2) is 9.38. The minimum atomic E-state index is -0.200. The van der Waals surface area contributed by atoms with Crippen molar-refractivity contribution in [2.45, 2.75) is 12.8 Å². The van der Waals surface area contributed by atoms with Crippen molar-refractivity contribution in [2.24, 2.45) is 10.7 Å². The molecule has 0 spiro atoms. The summed E-state index contributed by atoms with van der Waals surface area (Å²) in [5.74, 6) is 0.815. The Morgan fingerprint density at radius 3 is 2.48 bits per heavy atom. The van der Waals surface area contributed by atoms with Gasteiger partial charge in [0.1, 0.15) is 5.82 Å². The number of thiophene rings is 1. The topological polar surface area (TPSA) is 44.9 Å². The lowest BCUT2D eigenvalue weighted by molar-refractivity contribution is 0.380. The van der Waals surface area contributed by atoms with Gasteiger partial charge in [-0.2, -0.15) is 0 Å². The molecule has 25 heavy (non-hydrogen) atoms. The van der Waals surface area contributed by atoms with E-state index in [0.29, 0.717) is 18.4 Å². The number of aliphatic imine (C=N–C) groups is 1. The van der Waals surface area contributed by atoms with Crippen molar-refractivity contribution in [3.05, 3.63) is 52.5 Å². The van der Waals surface area contributed by atoms with Gasteiger partial charge in [-0.1, -0.05) is 13.0 Å². The van der Waals surface area contributed by atoms with E-state index in [0.717, 1.165) is 31.9 Å². The number of piperazine rings is 1. The predicted octanol–water partition coefficient (Wildman–Crippen LogP) is 3.75. The summed E-state index contributed by atoms with van der Waals surface area (Å²) in [6.45, 7) is 6.28. The Morgan fingerprint density at radius 2 is 1.88 bits per heavy atom. The average molecular weight is 474 g/mol. The van der Waals surface area contributed by atoms with Crippen LogP contribution < -0.4 is 10.6 Å². The second-order valence-electron chi connectivity index (χ2n) is 6.07. The summed E-state index contributed by atoms with van der Waals surface area (Å²) in [5, 5.41) is 2.09. The van der Waals surface area contributed by atoms with Crippen LogP contribution in [-0.4, -0.2) is 43.6 Å². The van der Waals surface area contributed by atoms with Crippen molar-refractivity contribution in [3.8, 4) is 0 Å². The summed E-state index contributed by atoms with van der Waals surface area (Å²) in [7, 11) is 0. The van der Waals surface area contributed by atoms with Crippen LogP contribution in [0.2, 0.25) is 0 Å². The molecule has 0 aliphatic carbocycles. The Hall–Kier alpha value is -1.35. The van der Waals surface area contributed by atoms with Gasteiger partial charge in [-0.15, -0.1) is 35.3 Å². The molecule has 1 aromatic heterocycles. The van der Waals surface area contributed by atoms with Gasteiger partial charge in [0.15, 0.2) is 5.96 Å². The lowest BCUT2D eigenvalue weighted by Gasteiger charge is -2.36. The fraction of sp³-hybridized carbons (Fsp3) is 0.389. The number of halogens is 2. The normalized spacial score (nSPS) is 16.5. The summed E-state index contributed by atoms with van der Waals surface area (Å²) >= 11 is 1.76. The lowest BCUT2D eigenvalue weighted by Crippen LogP contribution is -2.51. The van der Waals surface area contributed by atoms with Crippen LogP contribution in [0.5, 0.6) is 0 Å². The molecule has 4 nitrogen and oxygen atoms in total. The predicted molar refractivity (Wildman–Crippen MR) is 115 cm³/mol. The van der Waals surface area contributed by atoms with E-state index in [-0.39, 0.29) is 29.8 Å². The van der Waals surface area contributed by atoms with Gasteiger partial charge < -0.3 is 15.5 Å². The Kier molecular flexibility index (Phi) is 7.49. The van der Waals surface area contributed by atoms with Gasteiger partial charge in [0.05, 0.1) is 6.54 Å². The second-order valence-corrected chi connectivity index (χ2v) is 7.05. The van der Waals surface area contributed by atoms with Gasteiger partial charge in [0, 0.05) is 42.7 Å². The Balaban J connectivity index is 0.00000225. The van der Waals surface area contributed by atoms with Crippen LogP contribution in [0.3, 0.4) is 0 Å². The van der Waals surface area contributed by atoms with Crippen molar-refractivity contribution in [1.29, 1.82) is 0 Å². The third kappa shape index (κ3) is 5.31. The highest BCUT2D eigenvalue weighted by molar-refractivity contribution is 14.0. The largest absolute Gasteiger partial charge is 0.370 e. The molecule has 2 N–H and O–H groups in total. The molecule has 1 aliphatic heterocycles. The molecule has 1 atom stereocenters. The molecule has 3 rings (SSSR count). The van der Waals surface area contributed by atoms with Gasteiger partial charge in [-0.3, -0.25) is 4.99 Å². The number of anilines is 1. The molecule has 1 unspecified atom stereocenters. The van der Waals surface area contributed by atoms with Crippen LogP contribution in [0.25, 0.3) is 0 Å². The maximum atomic E-state index is 13.0. The Morgan fingerprint density at radius 1 is 1.20 bits per heavy atom. The zero-order valence-electron chi connectivity index (χ0n) is 14.3. The molecule has 1 saturated heterocycles. The molecule has 7 heteroatoms. The number of benzene rings is 1. The minimum Gasteiger partial charge on any atom is -0.370 e. The van der Waals surface area contributed by atoms with E-state index >= 15 is 0 Å². The number of hydrogen-bond acceptors (Lipinski definition) is 3. The highest BCUT2D eigenvalue weighted by Crippen LogP contribution is 2.21. The van der Waals surface area contributed by atoms with Crippen LogP contribution in [0.4, 0.5) is 10.1 Å². The Bertz CT molecular complexity index is 667. The summed E-state index contributed by atoms with van der Waals surface area (Å²) < 4.78 is 13.0. The maximum absolute atomic E-state index is 13.0. The van der Waals surface area contributed by atoms with E-state index in [1.807, 2.05) is 12.1 Å². The fourth-order valence-corrected chi connectivity index (χ4v) is 3.62. The van der Waals surface area contributed by atoms with Crippen LogP contribution in [-0.2, 0) is 0 Å². The van der Waals surface area contributed by atoms with Gasteiger partial charge in [0.2, 0.25) is 0 Å². The van der Waals surface area contributed by atoms with Crippen LogP contribution in [0.1, 0.15) is 17.7 Å². The number of nitrogens with zero attached hydrogens (tertiary/aromatic N) is 3. The number of rotatable bonds is 4. The summed E-state index contributed by atoms with van der Waals surface area (Å²) in [6, 6.07) is 10.9. The van der Waals surface area contributed by atoms with E-state index < -0.39 is 0 Å². The third-order valence-electron chi connectivity index (χ3n) is 4.35. The number of hydrogen-bond donors (Lipinski definition) is 1. The van der Waals surface area contributed by atoms with E-state index in [2.05, 4.69) is 39.2 Å². The maximum Gasteiger partial charge on any atom is 0.191 e. The minimum absolute atomic E-state index is 0. The SMILES string of the molecule is CC(CN=C(N)N1CCN(c2ccc(F)cc2)CC1)c1cccs1.I. The molecule has 2 heterocycles. The van der Waals surface area contributed by atoms with E-state index in [4.69, 9.17) is 5.73 Å². The zero-order valence-corrected chi connectivity index (χ0v) is 17.4. The summed E-state index contributed by atoms with van der Waals surface area (Å²) in [6.07, 6.45) is 0.